The fraction of sp³-hybridized carbons (Fsp3) is 0.500. The van der Waals surface area contributed by atoms with Gasteiger partial charge in [-0.1, -0.05) is 39.8 Å². The smallest absolute Gasteiger partial charge is 0.336 e. The molecular weight excluding hydrogens is 444 g/mol. The normalized spacial score (nSPS) is 14.9. The Hall–Kier alpha value is -2.74. The van der Waals surface area contributed by atoms with Crippen molar-refractivity contribution in [1.29, 1.82) is 0 Å². The lowest BCUT2D eigenvalue weighted by Gasteiger charge is -2.36. The second kappa shape index (κ2) is 12.8. The number of aryl methyl sites for hydroxylation is 1. The Bertz CT molecular complexity index is 1130. The lowest BCUT2D eigenvalue weighted by atomic mass is 9.99. The molecule has 0 bridgehead atoms. The van der Waals surface area contributed by atoms with Crippen molar-refractivity contribution in [2.45, 2.75) is 66.3 Å². The van der Waals surface area contributed by atoms with Gasteiger partial charge < -0.3 is 9.15 Å². The number of hydroxylamine groups is 3. The zero-order chi connectivity index (χ0) is 26.2. The molecule has 0 radical (unpaired) electrons. The van der Waals surface area contributed by atoms with Crippen LogP contribution in [0, 0.1) is 6.92 Å². The van der Waals surface area contributed by atoms with Gasteiger partial charge in [0.1, 0.15) is 24.7 Å². The van der Waals surface area contributed by atoms with Gasteiger partial charge in [-0.3, -0.25) is 5.21 Å². The van der Waals surface area contributed by atoms with Crippen molar-refractivity contribution >= 4 is 11.0 Å². The number of morpholine rings is 1. The van der Waals surface area contributed by atoms with E-state index >= 15 is 0 Å². The third-order valence-electron chi connectivity index (χ3n) is 6.22. The van der Waals surface area contributed by atoms with Gasteiger partial charge in [0.15, 0.2) is 0 Å². The summed E-state index contributed by atoms with van der Waals surface area (Å²) in [6.07, 6.45) is 1.63. The zero-order valence-corrected chi connectivity index (χ0v) is 22.2. The van der Waals surface area contributed by atoms with E-state index in [4.69, 9.17) is 9.15 Å². The number of benzene rings is 1. The van der Waals surface area contributed by atoms with Crippen molar-refractivity contribution in [3.63, 3.8) is 0 Å². The van der Waals surface area contributed by atoms with E-state index in [9.17, 15) is 15.2 Å². The third-order valence-corrected chi connectivity index (χ3v) is 6.22. The first kappa shape index (κ1) is 28.5. The van der Waals surface area contributed by atoms with E-state index in [-0.39, 0.29) is 10.3 Å². The van der Waals surface area contributed by atoms with E-state index < -0.39 is 0 Å². The number of hydrogen-bond donors (Lipinski definition) is 2. The Morgan fingerprint density at radius 3 is 2.09 bits per heavy atom. The zero-order valence-electron chi connectivity index (χ0n) is 22.2. The van der Waals surface area contributed by atoms with Gasteiger partial charge in [0.05, 0.1) is 13.2 Å². The SMILES string of the molecule is CC(C)[N+]1(O)CCOCC1.CC(C)c1cccc[n+]1O.Cc1ccc2c(C(C)C)cc(=O)oc2c1. The molecule has 1 aliphatic rings. The average Bonchev–Trinajstić information content (AvgIpc) is 2.79. The minimum atomic E-state index is -0.267. The van der Waals surface area contributed by atoms with Gasteiger partial charge in [0.2, 0.25) is 11.9 Å². The van der Waals surface area contributed by atoms with Crippen LogP contribution < -0.4 is 10.4 Å². The number of hydrogen-bond acceptors (Lipinski definition) is 5. The highest BCUT2D eigenvalue weighted by molar-refractivity contribution is 5.81. The average molecular weight is 487 g/mol. The predicted octanol–water partition coefficient (Wildman–Crippen LogP) is 5.19. The van der Waals surface area contributed by atoms with Crippen LogP contribution in [0.2, 0.25) is 0 Å². The van der Waals surface area contributed by atoms with Crippen LogP contribution in [0.4, 0.5) is 0 Å². The first-order valence-electron chi connectivity index (χ1n) is 12.4. The van der Waals surface area contributed by atoms with Gasteiger partial charge in [0, 0.05) is 34.2 Å². The van der Waals surface area contributed by atoms with Crippen LogP contribution in [0.15, 0.2) is 57.9 Å². The molecule has 1 saturated heterocycles. The van der Waals surface area contributed by atoms with Crippen molar-refractivity contribution in [2.75, 3.05) is 26.3 Å². The summed E-state index contributed by atoms with van der Waals surface area (Å²) in [5.41, 5.74) is 3.51. The number of rotatable bonds is 3. The molecule has 0 saturated carbocycles. The summed E-state index contributed by atoms with van der Waals surface area (Å²) in [7, 11) is 0. The minimum absolute atomic E-state index is 0.181. The lowest BCUT2D eigenvalue weighted by molar-refractivity contribution is -1.12. The molecule has 3 aromatic rings. The molecule has 1 aromatic carbocycles. The molecule has 7 nitrogen and oxygen atoms in total. The Morgan fingerprint density at radius 2 is 1.60 bits per heavy atom. The molecule has 4 rings (SSSR count). The molecule has 2 aromatic heterocycles. The maximum atomic E-state index is 11.4. The number of pyridine rings is 1. The summed E-state index contributed by atoms with van der Waals surface area (Å²) in [4.78, 5) is 11.4. The predicted molar refractivity (Wildman–Crippen MR) is 137 cm³/mol. The summed E-state index contributed by atoms with van der Waals surface area (Å²) >= 11 is 0. The van der Waals surface area contributed by atoms with Gasteiger partial charge in [-0.05, 0) is 49.9 Å². The molecule has 1 fully saturated rings. The molecule has 0 spiro atoms. The fourth-order valence-electron chi connectivity index (χ4n) is 3.85. The summed E-state index contributed by atoms with van der Waals surface area (Å²) in [6.45, 7) is 17.1. The topological polar surface area (TPSA) is 83.8 Å². The Labute approximate surface area is 208 Å². The van der Waals surface area contributed by atoms with E-state index in [1.54, 1.807) is 18.3 Å². The maximum Gasteiger partial charge on any atom is 0.336 e. The standard InChI is InChI=1S/C13H14O2.C8H12NO.C7H16NO2/c1-8(2)11-7-13(14)15-12-6-9(3)4-5-10(11)12;1-7(2)8-5-3-4-6-9(8)10;1-7(2)8(9)3-5-10-6-4-8/h4-8H,1-3H3;3-7,10H,1-2H3;7,9H,3-6H2,1-2H3/q;2*+1. The molecule has 35 heavy (non-hydrogen) atoms. The second-order valence-electron chi connectivity index (χ2n) is 9.94. The number of aromatic nitrogens is 1. The van der Waals surface area contributed by atoms with Crippen LogP contribution in [0.5, 0.6) is 0 Å². The van der Waals surface area contributed by atoms with Crippen LogP contribution in [-0.4, -0.2) is 47.4 Å². The number of quaternary nitrogens is 1. The number of fused-ring (bicyclic) bond motifs is 1. The highest BCUT2D eigenvalue weighted by atomic mass is 16.6. The van der Waals surface area contributed by atoms with E-state index in [1.807, 2.05) is 65.0 Å². The van der Waals surface area contributed by atoms with Crippen LogP contribution in [0.3, 0.4) is 0 Å². The van der Waals surface area contributed by atoms with Crippen molar-refractivity contribution in [1.82, 2.24) is 0 Å². The number of ether oxygens (including phenoxy) is 1. The molecule has 7 heteroatoms. The van der Waals surface area contributed by atoms with Gasteiger partial charge >= 0.3 is 5.63 Å². The molecular formula is C28H42N2O5+2. The minimum Gasteiger partial charge on any atom is -0.423 e. The highest BCUT2D eigenvalue weighted by Crippen LogP contribution is 2.24. The first-order chi connectivity index (χ1) is 16.4. The summed E-state index contributed by atoms with van der Waals surface area (Å²) in [6, 6.07) is 13.5. The largest absolute Gasteiger partial charge is 0.423 e. The van der Waals surface area contributed by atoms with Gasteiger partial charge in [-0.25, -0.2) is 10.0 Å². The molecule has 0 amide bonds. The molecule has 0 atom stereocenters. The monoisotopic (exact) mass is 486 g/mol. The Balaban J connectivity index is 0.000000192. The van der Waals surface area contributed by atoms with E-state index in [0.29, 0.717) is 36.7 Å². The summed E-state index contributed by atoms with van der Waals surface area (Å²) in [5, 5.41) is 20.0. The molecule has 192 valence electrons. The quantitative estimate of drug-likeness (QED) is 0.230. The second-order valence-corrected chi connectivity index (χ2v) is 9.94. The van der Waals surface area contributed by atoms with Crippen LogP contribution >= 0.6 is 0 Å². The summed E-state index contributed by atoms with van der Waals surface area (Å²) < 4.78 is 11.7. The van der Waals surface area contributed by atoms with Crippen LogP contribution in [0.25, 0.3) is 11.0 Å². The maximum absolute atomic E-state index is 11.4. The molecule has 2 N–H and O–H groups in total. The summed E-state index contributed by atoms with van der Waals surface area (Å²) in [5.74, 6) is 0.700. The van der Waals surface area contributed by atoms with Crippen LogP contribution in [-0.2, 0) is 4.74 Å². The number of nitrogens with zero attached hydrogens (tertiary/aromatic N) is 2. The van der Waals surface area contributed by atoms with E-state index in [2.05, 4.69) is 13.8 Å². The van der Waals surface area contributed by atoms with Gasteiger partial charge in [-0.2, -0.15) is 4.65 Å². The van der Waals surface area contributed by atoms with Crippen molar-refractivity contribution in [3.8, 4) is 0 Å². The van der Waals surface area contributed by atoms with Crippen molar-refractivity contribution in [2.24, 2.45) is 0 Å². The van der Waals surface area contributed by atoms with Crippen LogP contribution in [0.1, 0.15) is 70.2 Å². The highest BCUT2D eigenvalue weighted by Gasteiger charge is 2.32. The molecule has 0 aliphatic carbocycles. The van der Waals surface area contributed by atoms with E-state index in [0.717, 1.165) is 40.0 Å². The molecule has 0 unspecified atom stereocenters. The van der Waals surface area contributed by atoms with Crippen molar-refractivity contribution < 1.29 is 28.9 Å². The third kappa shape index (κ3) is 8.16. The Kier molecular flexibility index (Phi) is 10.4. The lowest BCUT2D eigenvalue weighted by Crippen LogP contribution is -2.56. The van der Waals surface area contributed by atoms with Gasteiger partial charge in [0.25, 0.3) is 0 Å². The van der Waals surface area contributed by atoms with Crippen molar-refractivity contribution in [3.05, 3.63) is 75.9 Å². The molecule has 1 aliphatic heterocycles. The van der Waals surface area contributed by atoms with E-state index in [1.165, 1.54) is 0 Å². The van der Waals surface area contributed by atoms with Gasteiger partial charge in [-0.15, -0.1) is 0 Å². The Morgan fingerprint density at radius 1 is 0.943 bits per heavy atom. The first-order valence-corrected chi connectivity index (χ1v) is 12.4. The molecule has 3 heterocycles. The fourth-order valence-corrected chi connectivity index (χ4v) is 3.85.